The molecular weight excluding hydrogens is 372 g/mol. The van der Waals surface area contributed by atoms with E-state index in [-0.39, 0.29) is 10.9 Å². The highest BCUT2D eigenvalue weighted by molar-refractivity contribution is 9.10. The number of benzene rings is 1. The SMILES string of the molecule is COc1cc(Br)c(S(=O)(=O)N2CCCC[C@@H]2CN)cc1OC. The normalized spacial score (nSPS) is 19.9. The first-order valence-electron chi connectivity index (χ1n) is 7.09. The summed E-state index contributed by atoms with van der Waals surface area (Å²) in [7, 11) is -0.655. The molecule has 1 saturated heterocycles. The summed E-state index contributed by atoms with van der Waals surface area (Å²) >= 11 is 3.32. The van der Waals surface area contributed by atoms with E-state index in [0.717, 1.165) is 19.3 Å². The molecule has 0 aliphatic carbocycles. The molecule has 1 fully saturated rings. The van der Waals surface area contributed by atoms with Gasteiger partial charge in [-0.05, 0) is 34.8 Å². The number of sulfonamides is 1. The maximum Gasteiger partial charge on any atom is 0.244 e. The summed E-state index contributed by atoms with van der Waals surface area (Å²) in [4.78, 5) is 0.172. The Balaban J connectivity index is 2.48. The summed E-state index contributed by atoms with van der Waals surface area (Å²) in [6, 6.07) is 2.94. The minimum Gasteiger partial charge on any atom is -0.493 e. The summed E-state index contributed by atoms with van der Waals surface area (Å²) in [5.74, 6) is 0.855. The van der Waals surface area contributed by atoms with Crippen molar-refractivity contribution in [3.63, 3.8) is 0 Å². The van der Waals surface area contributed by atoms with Crippen molar-refractivity contribution < 1.29 is 17.9 Å². The fourth-order valence-electron chi connectivity index (χ4n) is 2.69. The topological polar surface area (TPSA) is 81.9 Å². The van der Waals surface area contributed by atoms with Crippen molar-refractivity contribution >= 4 is 26.0 Å². The van der Waals surface area contributed by atoms with E-state index in [4.69, 9.17) is 15.2 Å². The number of piperidine rings is 1. The molecule has 0 amide bonds. The number of methoxy groups -OCH3 is 2. The summed E-state index contributed by atoms with van der Waals surface area (Å²) in [5.41, 5.74) is 5.75. The van der Waals surface area contributed by atoms with Crippen LogP contribution in [-0.2, 0) is 10.0 Å². The Morgan fingerprint density at radius 1 is 1.27 bits per heavy atom. The molecule has 124 valence electrons. The van der Waals surface area contributed by atoms with Gasteiger partial charge in [0, 0.05) is 29.7 Å². The van der Waals surface area contributed by atoms with E-state index in [1.165, 1.54) is 24.6 Å². The monoisotopic (exact) mass is 392 g/mol. The molecule has 22 heavy (non-hydrogen) atoms. The van der Waals surface area contributed by atoms with Crippen molar-refractivity contribution in [3.05, 3.63) is 16.6 Å². The molecule has 0 bridgehead atoms. The third-order valence-corrected chi connectivity index (χ3v) is 6.78. The van der Waals surface area contributed by atoms with Crippen LogP contribution in [0.5, 0.6) is 11.5 Å². The van der Waals surface area contributed by atoms with Crippen molar-refractivity contribution in [2.75, 3.05) is 27.3 Å². The van der Waals surface area contributed by atoms with Crippen LogP contribution < -0.4 is 15.2 Å². The molecule has 0 saturated carbocycles. The third kappa shape index (κ3) is 3.24. The lowest BCUT2D eigenvalue weighted by Crippen LogP contribution is -2.47. The van der Waals surface area contributed by atoms with Gasteiger partial charge in [0.1, 0.15) is 4.90 Å². The van der Waals surface area contributed by atoms with Crippen molar-refractivity contribution in [2.45, 2.75) is 30.2 Å². The lowest BCUT2D eigenvalue weighted by Gasteiger charge is -2.34. The molecule has 1 aromatic rings. The van der Waals surface area contributed by atoms with Gasteiger partial charge in [0.05, 0.1) is 14.2 Å². The molecule has 6 nitrogen and oxygen atoms in total. The number of nitrogens with two attached hydrogens (primary N) is 1. The van der Waals surface area contributed by atoms with Gasteiger partial charge < -0.3 is 15.2 Å². The van der Waals surface area contributed by atoms with Gasteiger partial charge in [-0.25, -0.2) is 8.42 Å². The molecule has 1 heterocycles. The van der Waals surface area contributed by atoms with Crippen LogP contribution in [0.1, 0.15) is 19.3 Å². The zero-order valence-electron chi connectivity index (χ0n) is 12.7. The van der Waals surface area contributed by atoms with Gasteiger partial charge in [-0.3, -0.25) is 0 Å². The van der Waals surface area contributed by atoms with E-state index < -0.39 is 10.0 Å². The van der Waals surface area contributed by atoms with E-state index in [1.54, 1.807) is 6.07 Å². The van der Waals surface area contributed by atoms with Gasteiger partial charge in [0.25, 0.3) is 0 Å². The predicted octanol–water partition coefficient (Wildman–Crippen LogP) is 1.97. The highest BCUT2D eigenvalue weighted by Gasteiger charge is 2.34. The second-order valence-electron chi connectivity index (χ2n) is 5.14. The van der Waals surface area contributed by atoms with Gasteiger partial charge in [-0.2, -0.15) is 4.31 Å². The maximum absolute atomic E-state index is 13.0. The Labute approximate surface area is 139 Å². The Morgan fingerprint density at radius 3 is 2.50 bits per heavy atom. The smallest absolute Gasteiger partial charge is 0.244 e. The lowest BCUT2D eigenvalue weighted by molar-refractivity contribution is 0.257. The Kier molecular flexibility index (Phi) is 5.70. The molecule has 1 aromatic carbocycles. The van der Waals surface area contributed by atoms with E-state index in [2.05, 4.69) is 15.9 Å². The first-order valence-corrected chi connectivity index (χ1v) is 9.32. The number of halogens is 1. The second-order valence-corrected chi connectivity index (χ2v) is 7.85. The highest BCUT2D eigenvalue weighted by atomic mass is 79.9. The van der Waals surface area contributed by atoms with E-state index in [1.807, 2.05) is 0 Å². The summed E-state index contributed by atoms with van der Waals surface area (Å²) in [6.45, 7) is 0.815. The average molecular weight is 393 g/mol. The quantitative estimate of drug-likeness (QED) is 0.827. The molecule has 2 N–H and O–H groups in total. The van der Waals surface area contributed by atoms with Gasteiger partial charge in [-0.15, -0.1) is 0 Å². The van der Waals surface area contributed by atoms with Gasteiger partial charge in [0.2, 0.25) is 10.0 Å². The molecule has 1 atom stereocenters. The molecule has 0 aromatic heterocycles. The van der Waals surface area contributed by atoms with Crippen LogP contribution in [0.4, 0.5) is 0 Å². The zero-order valence-corrected chi connectivity index (χ0v) is 15.1. The zero-order chi connectivity index (χ0) is 16.3. The first kappa shape index (κ1) is 17.5. The number of hydrogen-bond acceptors (Lipinski definition) is 5. The number of ether oxygens (including phenoxy) is 2. The number of hydrogen-bond donors (Lipinski definition) is 1. The molecular formula is C14H21BrN2O4S. The first-order chi connectivity index (χ1) is 10.5. The van der Waals surface area contributed by atoms with Crippen LogP contribution in [0.2, 0.25) is 0 Å². The van der Waals surface area contributed by atoms with Gasteiger partial charge >= 0.3 is 0 Å². The van der Waals surface area contributed by atoms with Crippen molar-refractivity contribution in [1.82, 2.24) is 4.31 Å². The molecule has 8 heteroatoms. The summed E-state index contributed by atoms with van der Waals surface area (Å²) in [5, 5.41) is 0. The van der Waals surface area contributed by atoms with Gasteiger partial charge in [0.15, 0.2) is 11.5 Å². The maximum atomic E-state index is 13.0. The minimum atomic E-state index is -3.64. The van der Waals surface area contributed by atoms with E-state index in [0.29, 0.717) is 29.1 Å². The Hall–Kier alpha value is -0.830. The van der Waals surface area contributed by atoms with Crippen molar-refractivity contribution in [1.29, 1.82) is 0 Å². The van der Waals surface area contributed by atoms with Crippen LogP contribution in [0, 0.1) is 0 Å². The molecule has 2 rings (SSSR count). The molecule has 0 radical (unpaired) electrons. The van der Waals surface area contributed by atoms with Crippen LogP contribution in [0.25, 0.3) is 0 Å². The largest absolute Gasteiger partial charge is 0.493 e. The fourth-order valence-corrected chi connectivity index (χ4v) is 5.39. The van der Waals surface area contributed by atoms with E-state index in [9.17, 15) is 8.42 Å². The van der Waals surface area contributed by atoms with Crippen LogP contribution in [-0.4, -0.2) is 46.1 Å². The average Bonchev–Trinajstić information content (AvgIpc) is 2.54. The molecule has 1 aliphatic heterocycles. The van der Waals surface area contributed by atoms with Crippen LogP contribution in [0.15, 0.2) is 21.5 Å². The van der Waals surface area contributed by atoms with Crippen LogP contribution >= 0.6 is 15.9 Å². The standard InChI is InChI=1S/C14H21BrN2O4S/c1-20-12-7-11(15)14(8-13(12)21-2)22(18,19)17-6-4-3-5-10(17)9-16/h7-8,10H,3-6,9,16H2,1-2H3/t10-/m1/s1. The summed E-state index contributed by atoms with van der Waals surface area (Å²) in [6.07, 6.45) is 2.64. The van der Waals surface area contributed by atoms with Gasteiger partial charge in [-0.1, -0.05) is 6.42 Å². The predicted molar refractivity (Wildman–Crippen MR) is 87.8 cm³/mol. The Bertz CT molecular complexity index is 636. The summed E-state index contributed by atoms with van der Waals surface area (Å²) < 4.78 is 38.3. The number of rotatable bonds is 5. The minimum absolute atomic E-state index is 0.154. The number of nitrogens with zero attached hydrogens (tertiary/aromatic N) is 1. The Morgan fingerprint density at radius 2 is 1.91 bits per heavy atom. The van der Waals surface area contributed by atoms with Crippen molar-refractivity contribution in [3.8, 4) is 11.5 Å². The lowest BCUT2D eigenvalue weighted by atomic mass is 10.1. The fraction of sp³-hybridized carbons (Fsp3) is 0.571. The highest BCUT2D eigenvalue weighted by Crippen LogP contribution is 2.37. The molecule has 0 unspecified atom stereocenters. The van der Waals surface area contributed by atoms with Crippen molar-refractivity contribution in [2.24, 2.45) is 5.73 Å². The molecule has 1 aliphatic rings. The van der Waals surface area contributed by atoms with E-state index >= 15 is 0 Å². The third-order valence-electron chi connectivity index (χ3n) is 3.87. The second kappa shape index (κ2) is 7.16. The molecule has 0 spiro atoms. The van der Waals surface area contributed by atoms with Crippen LogP contribution in [0.3, 0.4) is 0 Å².